The molecule has 0 spiro atoms. The Bertz CT molecular complexity index is 288. The highest BCUT2D eigenvalue weighted by atomic mass is 16.1. The molecule has 0 aromatic rings. The Morgan fingerprint density at radius 2 is 1.67 bits per heavy atom. The highest BCUT2D eigenvalue weighted by Gasteiger charge is 2.61. The van der Waals surface area contributed by atoms with Crippen molar-refractivity contribution < 1.29 is 4.79 Å². The van der Waals surface area contributed by atoms with Crippen LogP contribution in [0.4, 0.5) is 0 Å². The van der Waals surface area contributed by atoms with E-state index in [-0.39, 0.29) is 0 Å². The fourth-order valence-corrected chi connectivity index (χ4v) is 3.76. The van der Waals surface area contributed by atoms with E-state index < -0.39 is 0 Å². The molecule has 3 saturated carbocycles. The normalized spacial score (nSPS) is 49.7. The lowest BCUT2D eigenvalue weighted by molar-refractivity contribution is -0.130. The SMILES string of the molecule is CC1=C(C)C2C3CCC2C3C1=O. The van der Waals surface area contributed by atoms with Gasteiger partial charge in [-0.25, -0.2) is 0 Å². The zero-order chi connectivity index (χ0) is 8.46. The molecule has 64 valence electrons. The second-order valence-electron chi connectivity index (χ2n) is 4.63. The van der Waals surface area contributed by atoms with Crippen LogP contribution < -0.4 is 0 Å². The van der Waals surface area contributed by atoms with Crippen molar-refractivity contribution in [3.05, 3.63) is 11.1 Å². The lowest BCUT2D eigenvalue weighted by Crippen LogP contribution is -2.49. The lowest BCUT2D eigenvalue weighted by Gasteiger charge is -2.49. The average Bonchev–Trinajstić information content (AvgIpc) is 2.58. The predicted octanol–water partition coefficient (Wildman–Crippen LogP) is 2.18. The summed E-state index contributed by atoms with van der Waals surface area (Å²) in [5, 5.41) is 0. The van der Waals surface area contributed by atoms with Crippen molar-refractivity contribution in [2.45, 2.75) is 26.7 Å². The third-order valence-electron chi connectivity index (χ3n) is 4.44. The van der Waals surface area contributed by atoms with Crippen molar-refractivity contribution >= 4 is 5.78 Å². The number of carbonyl (C=O) groups excluding carboxylic acids is 1. The standard InChI is InChI=1S/C11H14O/c1-5-6(2)11(12)10-7-3-4-8(10)9(5)7/h7-10H,3-4H2,1-2H3. The predicted molar refractivity (Wildman–Crippen MR) is 46.6 cm³/mol. The molecule has 0 aliphatic heterocycles. The van der Waals surface area contributed by atoms with Crippen molar-refractivity contribution in [1.29, 1.82) is 0 Å². The van der Waals surface area contributed by atoms with Gasteiger partial charge in [0.25, 0.3) is 0 Å². The van der Waals surface area contributed by atoms with E-state index in [1.54, 1.807) is 0 Å². The van der Waals surface area contributed by atoms with Crippen LogP contribution in [0.5, 0.6) is 0 Å². The molecule has 0 saturated heterocycles. The third-order valence-corrected chi connectivity index (χ3v) is 4.44. The molecule has 5 aliphatic carbocycles. The van der Waals surface area contributed by atoms with E-state index >= 15 is 0 Å². The maximum atomic E-state index is 11.8. The molecule has 5 rings (SSSR count). The summed E-state index contributed by atoms with van der Waals surface area (Å²) in [6.07, 6.45) is 2.63. The number of rotatable bonds is 0. The van der Waals surface area contributed by atoms with Crippen molar-refractivity contribution in [2.24, 2.45) is 23.7 Å². The van der Waals surface area contributed by atoms with E-state index in [9.17, 15) is 4.79 Å². The topological polar surface area (TPSA) is 17.1 Å². The quantitative estimate of drug-likeness (QED) is 0.533. The van der Waals surface area contributed by atoms with Gasteiger partial charge in [0.05, 0.1) is 0 Å². The van der Waals surface area contributed by atoms with Crippen molar-refractivity contribution in [3.8, 4) is 0 Å². The Hall–Kier alpha value is -0.590. The van der Waals surface area contributed by atoms with Crippen LogP contribution in [-0.2, 0) is 4.79 Å². The van der Waals surface area contributed by atoms with Gasteiger partial charge in [-0.2, -0.15) is 0 Å². The highest BCUT2D eigenvalue weighted by Crippen LogP contribution is 2.64. The smallest absolute Gasteiger partial charge is 0.162 e. The van der Waals surface area contributed by atoms with Gasteiger partial charge in [-0.3, -0.25) is 4.79 Å². The molecule has 3 fully saturated rings. The summed E-state index contributed by atoms with van der Waals surface area (Å²) in [6, 6.07) is 0. The number of carbonyl (C=O) groups is 1. The van der Waals surface area contributed by atoms with Crippen LogP contribution in [-0.4, -0.2) is 5.78 Å². The molecule has 0 aromatic carbocycles. The molecule has 2 atom stereocenters. The van der Waals surface area contributed by atoms with Crippen LogP contribution in [0, 0.1) is 23.7 Å². The summed E-state index contributed by atoms with van der Waals surface area (Å²) in [5.41, 5.74) is 2.49. The van der Waals surface area contributed by atoms with Crippen LogP contribution in [0.2, 0.25) is 0 Å². The zero-order valence-corrected chi connectivity index (χ0v) is 7.63. The third kappa shape index (κ3) is 0.502. The van der Waals surface area contributed by atoms with Gasteiger partial charge in [-0.1, -0.05) is 5.57 Å². The Labute approximate surface area is 72.8 Å². The minimum atomic E-state index is 0.457. The molecule has 0 radical (unpaired) electrons. The Balaban J connectivity index is 2.14. The first-order chi connectivity index (χ1) is 5.72. The molecule has 4 bridgehead atoms. The molecule has 12 heavy (non-hydrogen) atoms. The van der Waals surface area contributed by atoms with Gasteiger partial charge in [0, 0.05) is 5.92 Å². The van der Waals surface area contributed by atoms with E-state index in [0.29, 0.717) is 11.7 Å². The van der Waals surface area contributed by atoms with Gasteiger partial charge in [0.1, 0.15) is 0 Å². The lowest BCUT2D eigenvalue weighted by atomic mass is 9.53. The summed E-state index contributed by atoms with van der Waals surface area (Å²) in [7, 11) is 0. The summed E-state index contributed by atoms with van der Waals surface area (Å²) in [6.45, 7) is 4.17. The highest BCUT2D eigenvalue weighted by molar-refractivity contribution is 6.00. The summed E-state index contributed by atoms with van der Waals surface area (Å²) in [5.74, 6) is 3.26. The Morgan fingerprint density at radius 3 is 2.17 bits per heavy atom. The van der Waals surface area contributed by atoms with E-state index in [4.69, 9.17) is 0 Å². The van der Waals surface area contributed by atoms with E-state index in [2.05, 4.69) is 6.92 Å². The molecule has 0 amide bonds. The second-order valence-corrected chi connectivity index (χ2v) is 4.63. The molecular formula is C11H14O. The number of allylic oxidation sites excluding steroid dienone is 2. The molecule has 0 heterocycles. The van der Waals surface area contributed by atoms with Crippen LogP contribution in [0.3, 0.4) is 0 Å². The summed E-state index contributed by atoms with van der Waals surface area (Å²) < 4.78 is 0. The number of ketones is 1. The molecule has 0 N–H and O–H groups in total. The van der Waals surface area contributed by atoms with Crippen molar-refractivity contribution in [3.63, 3.8) is 0 Å². The minimum Gasteiger partial charge on any atom is -0.294 e. The zero-order valence-electron chi connectivity index (χ0n) is 7.63. The summed E-state index contributed by atoms with van der Waals surface area (Å²) in [4.78, 5) is 11.8. The fourth-order valence-electron chi connectivity index (χ4n) is 3.76. The maximum absolute atomic E-state index is 11.8. The van der Waals surface area contributed by atoms with Crippen LogP contribution in [0.25, 0.3) is 0 Å². The van der Waals surface area contributed by atoms with Crippen LogP contribution in [0.1, 0.15) is 26.7 Å². The van der Waals surface area contributed by atoms with Gasteiger partial charge in [-0.05, 0) is 50.0 Å². The first kappa shape index (κ1) is 6.88. The number of hydrogen-bond acceptors (Lipinski definition) is 1. The molecule has 5 aliphatic rings. The molecule has 0 aromatic heterocycles. The Kier molecular flexibility index (Phi) is 1.05. The largest absolute Gasteiger partial charge is 0.294 e. The second kappa shape index (κ2) is 1.84. The minimum absolute atomic E-state index is 0.457. The molecule has 1 heteroatoms. The van der Waals surface area contributed by atoms with Gasteiger partial charge >= 0.3 is 0 Å². The molecule has 1 nitrogen and oxygen atoms in total. The maximum Gasteiger partial charge on any atom is 0.162 e. The Morgan fingerprint density at radius 1 is 1.08 bits per heavy atom. The first-order valence-corrected chi connectivity index (χ1v) is 4.93. The monoisotopic (exact) mass is 162 g/mol. The fraction of sp³-hybridized carbons (Fsp3) is 0.727. The number of Topliss-reactive ketones (excluding diaryl/α,β-unsaturated/α-hetero) is 1. The van der Waals surface area contributed by atoms with Crippen LogP contribution >= 0.6 is 0 Å². The van der Waals surface area contributed by atoms with E-state index in [1.807, 2.05) is 6.92 Å². The van der Waals surface area contributed by atoms with Crippen molar-refractivity contribution in [1.82, 2.24) is 0 Å². The van der Waals surface area contributed by atoms with Gasteiger partial charge in [0.2, 0.25) is 0 Å². The summed E-state index contributed by atoms with van der Waals surface area (Å²) >= 11 is 0. The molecule has 2 unspecified atom stereocenters. The van der Waals surface area contributed by atoms with Gasteiger partial charge < -0.3 is 0 Å². The number of hydrogen-bond donors (Lipinski definition) is 0. The van der Waals surface area contributed by atoms with Gasteiger partial charge in [-0.15, -0.1) is 0 Å². The first-order valence-electron chi connectivity index (χ1n) is 4.93. The van der Waals surface area contributed by atoms with Crippen molar-refractivity contribution in [2.75, 3.05) is 0 Å². The average molecular weight is 162 g/mol. The van der Waals surface area contributed by atoms with Crippen LogP contribution in [0.15, 0.2) is 11.1 Å². The van der Waals surface area contributed by atoms with E-state index in [1.165, 1.54) is 18.4 Å². The number of fused-ring (bicyclic) bond motifs is 2. The molecular weight excluding hydrogens is 148 g/mol. The van der Waals surface area contributed by atoms with Gasteiger partial charge in [0.15, 0.2) is 5.78 Å². The van der Waals surface area contributed by atoms with E-state index in [0.717, 1.165) is 23.3 Å².